The summed E-state index contributed by atoms with van der Waals surface area (Å²) in [5.41, 5.74) is 0.767. The van der Waals surface area contributed by atoms with Gasteiger partial charge >= 0.3 is 0 Å². The van der Waals surface area contributed by atoms with Crippen LogP contribution >= 0.6 is 28.3 Å². The van der Waals surface area contributed by atoms with Gasteiger partial charge in [0.15, 0.2) is 0 Å². The molecule has 1 aromatic rings. The van der Waals surface area contributed by atoms with Gasteiger partial charge in [0.1, 0.15) is 0 Å². The number of halogens is 2. The van der Waals surface area contributed by atoms with Gasteiger partial charge in [0.2, 0.25) is 10.0 Å². The van der Waals surface area contributed by atoms with Gasteiger partial charge in [0, 0.05) is 30.1 Å². The molecular formula is C12H18BrClN2O2S. The van der Waals surface area contributed by atoms with Crippen LogP contribution in [0.3, 0.4) is 0 Å². The van der Waals surface area contributed by atoms with Crippen LogP contribution in [0.25, 0.3) is 0 Å². The summed E-state index contributed by atoms with van der Waals surface area (Å²) in [7, 11) is -3.40. The highest BCUT2D eigenvalue weighted by Crippen LogP contribution is 2.27. The topological polar surface area (TPSA) is 49.4 Å². The van der Waals surface area contributed by atoms with Gasteiger partial charge in [0.05, 0.1) is 4.90 Å². The molecule has 1 fully saturated rings. The number of nitrogens with one attached hydrogen (secondary N) is 1. The summed E-state index contributed by atoms with van der Waals surface area (Å²) >= 11 is 3.38. The summed E-state index contributed by atoms with van der Waals surface area (Å²) in [6.45, 7) is 5.68. The van der Waals surface area contributed by atoms with Crippen LogP contribution in [0.4, 0.5) is 0 Å². The van der Waals surface area contributed by atoms with Gasteiger partial charge in [-0.2, -0.15) is 4.31 Å². The van der Waals surface area contributed by atoms with Crippen molar-refractivity contribution >= 4 is 38.4 Å². The standard InChI is InChI=1S/C12H17BrN2O2S.ClH/c1-9-8-14-6-7-15(9)18(16,17)12-5-3-4-11(13)10(12)2;/h3-5,9,14H,6-8H2,1-2H3;1H/t9-;/m1./s1. The lowest BCUT2D eigenvalue weighted by atomic mass is 10.2. The van der Waals surface area contributed by atoms with Crippen LogP contribution in [0.5, 0.6) is 0 Å². The van der Waals surface area contributed by atoms with E-state index in [1.54, 1.807) is 16.4 Å². The van der Waals surface area contributed by atoms with E-state index in [0.29, 0.717) is 24.5 Å². The Labute approximate surface area is 129 Å². The van der Waals surface area contributed by atoms with Crippen molar-refractivity contribution in [1.82, 2.24) is 9.62 Å². The summed E-state index contributed by atoms with van der Waals surface area (Å²) < 4.78 is 27.7. The van der Waals surface area contributed by atoms with Gasteiger partial charge < -0.3 is 5.32 Å². The molecule has 1 heterocycles. The van der Waals surface area contributed by atoms with Crippen molar-refractivity contribution in [2.24, 2.45) is 0 Å². The van der Waals surface area contributed by atoms with E-state index >= 15 is 0 Å². The lowest BCUT2D eigenvalue weighted by Crippen LogP contribution is -2.52. The molecule has 1 saturated heterocycles. The van der Waals surface area contributed by atoms with Crippen molar-refractivity contribution in [2.45, 2.75) is 24.8 Å². The zero-order valence-electron chi connectivity index (χ0n) is 10.9. The maximum absolute atomic E-state index is 12.6. The van der Waals surface area contributed by atoms with E-state index in [4.69, 9.17) is 0 Å². The molecule has 19 heavy (non-hydrogen) atoms. The van der Waals surface area contributed by atoms with E-state index in [2.05, 4.69) is 21.2 Å². The van der Waals surface area contributed by atoms with Crippen LogP contribution in [0.2, 0.25) is 0 Å². The number of piperazine rings is 1. The van der Waals surface area contributed by atoms with Gasteiger partial charge in [-0.25, -0.2) is 8.42 Å². The highest BCUT2D eigenvalue weighted by molar-refractivity contribution is 9.10. The van der Waals surface area contributed by atoms with E-state index in [-0.39, 0.29) is 18.4 Å². The molecule has 0 aromatic heterocycles. The third-order valence-electron chi connectivity index (χ3n) is 3.24. The van der Waals surface area contributed by atoms with Crippen LogP contribution in [-0.4, -0.2) is 38.4 Å². The molecule has 4 nitrogen and oxygen atoms in total. The van der Waals surface area contributed by atoms with E-state index in [9.17, 15) is 8.42 Å². The minimum Gasteiger partial charge on any atom is -0.314 e. The zero-order chi connectivity index (χ0) is 13.3. The van der Waals surface area contributed by atoms with Gasteiger partial charge in [-0.05, 0) is 31.5 Å². The first-order valence-corrected chi connectivity index (χ1v) is 8.15. The third kappa shape index (κ3) is 3.31. The van der Waals surface area contributed by atoms with Crippen molar-refractivity contribution < 1.29 is 8.42 Å². The molecule has 0 spiro atoms. The highest BCUT2D eigenvalue weighted by Gasteiger charge is 2.32. The number of benzene rings is 1. The number of hydrogen-bond acceptors (Lipinski definition) is 3. The Balaban J connectivity index is 0.00000180. The second-order valence-electron chi connectivity index (χ2n) is 4.53. The van der Waals surface area contributed by atoms with Gasteiger partial charge in [-0.15, -0.1) is 12.4 Å². The maximum atomic E-state index is 12.6. The summed E-state index contributed by atoms with van der Waals surface area (Å²) in [4.78, 5) is 0.394. The molecular weight excluding hydrogens is 352 g/mol. The fourth-order valence-electron chi connectivity index (χ4n) is 2.17. The Kier molecular flexibility index (Phi) is 5.82. The number of hydrogen-bond donors (Lipinski definition) is 1. The predicted octanol–water partition coefficient (Wildman–Crippen LogP) is 2.16. The molecule has 1 aliphatic heterocycles. The van der Waals surface area contributed by atoms with E-state index in [1.807, 2.05) is 19.9 Å². The van der Waals surface area contributed by atoms with Crippen molar-refractivity contribution in [3.8, 4) is 0 Å². The fourth-order valence-corrected chi connectivity index (χ4v) is 4.55. The Morgan fingerprint density at radius 1 is 1.42 bits per heavy atom. The molecule has 1 aromatic carbocycles. The highest BCUT2D eigenvalue weighted by atomic mass is 79.9. The van der Waals surface area contributed by atoms with Gasteiger partial charge in [0.25, 0.3) is 0 Å². The van der Waals surface area contributed by atoms with Crippen molar-refractivity contribution in [3.63, 3.8) is 0 Å². The van der Waals surface area contributed by atoms with Gasteiger partial charge in [-0.3, -0.25) is 0 Å². The SMILES string of the molecule is Cc1c(Br)cccc1S(=O)(=O)N1CCNC[C@H]1C.Cl. The van der Waals surface area contributed by atoms with E-state index in [0.717, 1.165) is 10.0 Å². The summed E-state index contributed by atoms with van der Waals surface area (Å²) in [6, 6.07) is 5.28. The van der Waals surface area contributed by atoms with Crippen LogP contribution in [0.15, 0.2) is 27.6 Å². The average molecular weight is 370 g/mol. The first kappa shape index (κ1) is 16.9. The zero-order valence-corrected chi connectivity index (χ0v) is 14.1. The Morgan fingerprint density at radius 3 is 2.74 bits per heavy atom. The first-order valence-electron chi connectivity index (χ1n) is 5.92. The molecule has 0 bridgehead atoms. The van der Waals surface area contributed by atoms with Crippen molar-refractivity contribution in [1.29, 1.82) is 0 Å². The third-order valence-corrected chi connectivity index (χ3v) is 6.26. The molecule has 2 rings (SSSR count). The van der Waals surface area contributed by atoms with Crippen LogP contribution in [0.1, 0.15) is 12.5 Å². The molecule has 108 valence electrons. The van der Waals surface area contributed by atoms with Crippen LogP contribution in [0, 0.1) is 6.92 Å². The molecule has 1 aliphatic rings. The molecule has 1 atom stereocenters. The molecule has 0 aliphatic carbocycles. The molecule has 1 N–H and O–H groups in total. The lowest BCUT2D eigenvalue weighted by Gasteiger charge is -2.33. The minimum atomic E-state index is -3.40. The Morgan fingerprint density at radius 2 is 2.11 bits per heavy atom. The summed E-state index contributed by atoms with van der Waals surface area (Å²) in [5.74, 6) is 0. The van der Waals surface area contributed by atoms with Crippen LogP contribution in [-0.2, 0) is 10.0 Å². The minimum absolute atomic E-state index is 0. The fraction of sp³-hybridized carbons (Fsp3) is 0.500. The molecule has 0 saturated carbocycles. The van der Waals surface area contributed by atoms with E-state index in [1.165, 1.54) is 0 Å². The average Bonchev–Trinajstić information content (AvgIpc) is 2.32. The summed E-state index contributed by atoms with van der Waals surface area (Å²) in [5, 5.41) is 3.20. The van der Waals surface area contributed by atoms with E-state index < -0.39 is 10.0 Å². The van der Waals surface area contributed by atoms with Crippen molar-refractivity contribution in [3.05, 3.63) is 28.2 Å². The lowest BCUT2D eigenvalue weighted by molar-refractivity contribution is 0.283. The maximum Gasteiger partial charge on any atom is 0.243 e. The molecule has 0 radical (unpaired) electrons. The normalized spacial score (nSPS) is 20.9. The molecule has 7 heteroatoms. The Hall–Kier alpha value is -0.140. The second-order valence-corrected chi connectivity index (χ2v) is 7.25. The first-order chi connectivity index (χ1) is 8.44. The monoisotopic (exact) mass is 368 g/mol. The quantitative estimate of drug-likeness (QED) is 0.869. The number of rotatable bonds is 2. The Bertz CT molecular complexity index is 551. The largest absolute Gasteiger partial charge is 0.314 e. The van der Waals surface area contributed by atoms with Crippen LogP contribution < -0.4 is 5.32 Å². The smallest absolute Gasteiger partial charge is 0.243 e. The number of sulfonamides is 1. The predicted molar refractivity (Wildman–Crippen MR) is 82.4 cm³/mol. The molecule has 0 unspecified atom stereocenters. The number of nitrogens with zero attached hydrogens (tertiary/aromatic N) is 1. The second kappa shape index (κ2) is 6.54. The summed E-state index contributed by atoms with van der Waals surface area (Å²) in [6.07, 6.45) is 0. The molecule has 0 amide bonds. The van der Waals surface area contributed by atoms with Gasteiger partial charge in [-0.1, -0.05) is 22.0 Å². The van der Waals surface area contributed by atoms with Crippen molar-refractivity contribution in [2.75, 3.05) is 19.6 Å².